The van der Waals surface area contributed by atoms with E-state index in [4.69, 9.17) is 9.26 Å². The fraction of sp³-hybridized carbons (Fsp3) is 0.261. The Morgan fingerprint density at radius 1 is 1.18 bits per heavy atom. The summed E-state index contributed by atoms with van der Waals surface area (Å²) in [5.41, 5.74) is 2.60. The number of rotatable bonds is 7. The van der Waals surface area contributed by atoms with Crippen LogP contribution in [0.5, 0.6) is 11.5 Å². The molecule has 33 heavy (non-hydrogen) atoms. The Bertz CT molecular complexity index is 1320. The maximum absolute atomic E-state index is 13.4. The molecule has 1 amide bonds. The van der Waals surface area contributed by atoms with E-state index in [2.05, 4.69) is 14.9 Å². The van der Waals surface area contributed by atoms with Crippen molar-refractivity contribution in [3.05, 3.63) is 58.1 Å². The minimum Gasteiger partial charge on any atom is -0.493 e. The molecular formula is C23H21F2N3O4S. The quantitative estimate of drug-likeness (QED) is 0.355. The van der Waals surface area contributed by atoms with Crippen molar-refractivity contribution in [2.45, 2.75) is 27.0 Å². The van der Waals surface area contributed by atoms with Gasteiger partial charge in [0.25, 0.3) is 11.6 Å². The Labute approximate surface area is 192 Å². The molecule has 10 heteroatoms. The first kappa shape index (κ1) is 22.7. The van der Waals surface area contributed by atoms with Gasteiger partial charge in [-0.2, -0.15) is 8.78 Å². The zero-order valence-electron chi connectivity index (χ0n) is 18.4. The smallest absolute Gasteiger partial charge is 0.387 e. The molecular weight excluding hydrogens is 452 g/mol. The largest absolute Gasteiger partial charge is 0.493 e. The third kappa shape index (κ3) is 4.65. The fourth-order valence-corrected chi connectivity index (χ4v) is 4.34. The van der Waals surface area contributed by atoms with Gasteiger partial charge in [-0.15, -0.1) is 11.3 Å². The van der Waals surface area contributed by atoms with Crippen LogP contribution in [0.3, 0.4) is 0 Å². The summed E-state index contributed by atoms with van der Waals surface area (Å²) in [5, 5.41) is 4.54. The van der Waals surface area contributed by atoms with Crippen LogP contribution in [0.15, 0.2) is 40.9 Å². The molecule has 0 bridgehead atoms. The molecule has 0 aliphatic rings. The second-order valence-electron chi connectivity index (χ2n) is 7.44. The summed E-state index contributed by atoms with van der Waals surface area (Å²) >= 11 is 1.57. The number of fused-ring (bicyclic) bond motifs is 1. The number of benzene rings is 1. The lowest BCUT2D eigenvalue weighted by molar-refractivity contribution is -0.0512. The maximum atomic E-state index is 13.4. The van der Waals surface area contributed by atoms with Crippen molar-refractivity contribution in [3.63, 3.8) is 0 Å². The second kappa shape index (κ2) is 9.14. The predicted molar refractivity (Wildman–Crippen MR) is 120 cm³/mol. The normalized spacial score (nSPS) is 11.2. The molecule has 3 heterocycles. The van der Waals surface area contributed by atoms with Gasteiger partial charge in [0, 0.05) is 18.5 Å². The van der Waals surface area contributed by atoms with Crippen molar-refractivity contribution in [3.8, 4) is 22.1 Å². The molecule has 4 aromatic rings. The SMILES string of the molecule is COc1cc(CN(C)C(=O)c2cc(-c3ccc(C)s3)nc3onc(C)c23)ccc1OC(F)F. The molecule has 0 atom stereocenters. The van der Waals surface area contributed by atoms with E-state index in [9.17, 15) is 13.6 Å². The number of hydrogen-bond donors (Lipinski definition) is 0. The highest BCUT2D eigenvalue weighted by Crippen LogP contribution is 2.33. The van der Waals surface area contributed by atoms with E-state index in [1.807, 2.05) is 19.1 Å². The second-order valence-corrected chi connectivity index (χ2v) is 8.73. The maximum Gasteiger partial charge on any atom is 0.387 e. The number of ether oxygens (including phenoxy) is 2. The number of halogens is 2. The standard InChI is InChI=1S/C23H21F2N3O4S/c1-12-5-8-19(33-12)16-10-15(20-13(2)27-32-21(20)26-16)22(29)28(3)11-14-6-7-17(31-23(24)25)18(9-14)30-4/h5-10,23H,11H2,1-4H3. The number of methoxy groups -OCH3 is 1. The van der Waals surface area contributed by atoms with Crippen LogP contribution in [0.25, 0.3) is 21.7 Å². The Morgan fingerprint density at radius 2 is 1.97 bits per heavy atom. The molecule has 0 aliphatic heterocycles. The number of carbonyl (C=O) groups is 1. The van der Waals surface area contributed by atoms with Crippen LogP contribution in [0.2, 0.25) is 0 Å². The number of alkyl halides is 2. The fourth-order valence-electron chi connectivity index (χ4n) is 3.52. The lowest BCUT2D eigenvalue weighted by Crippen LogP contribution is -2.26. The van der Waals surface area contributed by atoms with E-state index in [0.717, 1.165) is 9.75 Å². The van der Waals surface area contributed by atoms with Gasteiger partial charge in [0.1, 0.15) is 0 Å². The Morgan fingerprint density at radius 3 is 2.64 bits per heavy atom. The Kier molecular flexibility index (Phi) is 6.28. The van der Waals surface area contributed by atoms with Gasteiger partial charge in [0.05, 0.1) is 34.3 Å². The van der Waals surface area contributed by atoms with Crippen LogP contribution < -0.4 is 9.47 Å². The van der Waals surface area contributed by atoms with Crippen LogP contribution in [-0.4, -0.2) is 41.7 Å². The van der Waals surface area contributed by atoms with Crippen LogP contribution in [0.1, 0.15) is 26.5 Å². The van der Waals surface area contributed by atoms with Gasteiger partial charge < -0.3 is 18.9 Å². The number of thiophene rings is 1. The summed E-state index contributed by atoms with van der Waals surface area (Å²) < 4.78 is 40.1. The summed E-state index contributed by atoms with van der Waals surface area (Å²) in [5.74, 6) is -0.169. The third-order valence-electron chi connectivity index (χ3n) is 5.05. The van der Waals surface area contributed by atoms with Crippen LogP contribution in [0.4, 0.5) is 8.78 Å². The van der Waals surface area contributed by atoms with Crippen molar-refractivity contribution in [2.24, 2.45) is 0 Å². The number of hydrogen-bond acceptors (Lipinski definition) is 7. The van der Waals surface area contributed by atoms with Gasteiger partial charge >= 0.3 is 6.61 Å². The zero-order valence-corrected chi connectivity index (χ0v) is 19.2. The zero-order chi connectivity index (χ0) is 23.7. The minimum absolute atomic E-state index is 0.0722. The van der Waals surface area contributed by atoms with E-state index >= 15 is 0 Å². The molecule has 172 valence electrons. The van der Waals surface area contributed by atoms with Gasteiger partial charge in [-0.05, 0) is 49.7 Å². The molecule has 0 N–H and O–H groups in total. The van der Waals surface area contributed by atoms with E-state index in [0.29, 0.717) is 33.6 Å². The predicted octanol–water partition coefficient (Wildman–Crippen LogP) is 5.45. The topological polar surface area (TPSA) is 77.7 Å². The van der Waals surface area contributed by atoms with Gasteiger partial charge in [0.2, 0.25) is 0 Å². The van der Waals surface area contributed by atoms with Crippen LogP contribution in [-0.2, 0) is 6.54 Å². The van der Waals surface area contributed by atoms with E-state index in [-0.39, 0.29) is 24.0 Å². The first-order valence-corrected chi connectivity index (χ1v) is 10.8. The summed E-state index contributed by atoms with van der Waals surface area (Å²) in [4.78, 5) is 21.5. The average Bonchev–Trinajstić information content (AvgIpc) is 3.39. The van der Waals surface area contributed by atoms with E-state index < -0.39 is 6.61 Å². The lowest BCUT2D eigenvalue weighted by atomic mass is 10.1. The Balaban J connectivity index is 1.66. The Hall–Kier alpha value is -3.53. The minimum atomic E-state index is -2.96. The molecule has 4 rings (SSSR count). The molecule has 3 aromatic heterocycles. The number of pyridine rings is 1. The average molecular weight is 474 g/mol. The van der Waals surface area contributed by atoms with Crippen molar-refractivity contribution in [2.75, 3.05) is 14.2 Å². The first-order chi connectivity index (χ1) is 15.8. The molecule has 0 saturated carbocycles. The molecule has 0 spiro atoms. The summed E-state index contributed by atoms with van der Waals surface area (Å²) in [6.07, 6.45) is 0. The van der Waals surface area contributed by atoms with Gasteiger partial charge in [-0.1, -0.05) is 11.2 Å². The summed E-state index contributed by atoms with van der Waals surface area (Å²) in [6.45, 7) is 1.01. The monoisotopic (exact) mass is 473 g/mol. The van der Waals surface area contributed by atoms with Crippen molar-refractivity contribution in [1.29, 1.82) is 0 Å². The highest BCUT2D eigenvalue weighted by molar-refractivity contribution is 7.15. The van der Waals surface area contributed by atoms with Crippen LogP contribution >= 0.6 is 11.3 Å². The molecule has 0 radical (unpaired) electrons. The van der Waals surface area contributed by atoms with Gasteiger partial charge in [-0.25, -0.2) is 4.98 Å². The van der Waals surface area contributed by atoms with E-state index in [1.54, 1.807) is 43.5 Å². The van der Waals surface area contributed by atoms with Crippen molar-refractivity contribution in [1.82, 2.24) is 15.0 Å². The molecule has 0 saturated heterocycles. The number of nitrogens with zero attached hydrogens (tertiary/aromatic N) is 3. The summed E-state index contributed by atoms with van der Waals surface area (Å²) in [6, 6.07) is 10.2. The molecule has 1 aromatic carbocycles. The third-order valence-corrected chi connectivity index (χ3v) is 6.07. The van der Waals surface area contributed by atoms with Crippen molar-refractivity contribution < 1.29 is 27.6 Å². The molecule has 0 aliphatic carbocycles. The number of carbonyl (C=O) groups excluding carboxylic acids is 1. The highest BCUT2D eigenvalue weighted by atomic mass is 32.1. The number of amides is 1. The number of aryl methyl sites for hydroxylation is 2. The number of aromatic nitrogens is 2. The van der Waals surface area contributed by atoms with Crippen LogP contribution in [0, 0.1) is 13.8 Å². The van der Waals surface area contributed by atoms with Gasteiger partial charge in [0.15, 0.2) is 11.5 Å². The molecule has 0 unspecified atom stereocenters. The lowest BCUT2D eigenvalue weighted by Gasteiger charge is -2.19. The molecule has 0 fully saturated rings. The van der Waals surface area contributed by atoms with Gasteiger partial charge in [-0.3, -0.25) is 4.79 Å². The summed E-state index contributed by atoms with van der Waals surface area (Å²) in [7, 11) is 3.02. The van der Waals surface area contributed by atoms with E-state index in [1.165, 1.54) is 18.1 Å². The van der Waals surface area contributed by atoms with Crippen molar-refractivity contribution >= 4 is 28.3 Å². The molecule has 7 nitrogen and oxygen atoms in total. The first-order valence-electron chi connectivity index (χ1n) is 9.98. The highest BCUT2D eigenvalue weighted by Gasteiger charge is 2.23.